The molecule has 1 saturated heterocycles. The Hall–Kier alpha value is -2.81. The molecule has 2 aliphatic heterocycles. The Morgan fingerprint density at radius 1 is 1.31 bits per heavy atom. The summed E-state index contributed by atoms with van der Waals surface area (Å²) in [5.74, 6) is -1.19. The number of carboxylic acid groups (broad SMARTS) is 1. The van der Waals surface area contributed by atoms with E-state index in [1.165, 1.54) is 4.90 Å². The molecule has 140 valence electrons. The van der Waals surface area contributed by atoms with Gasteiger partial charge in [0.25, 0.3) is 5.91 Å². The number of hydrogen-bond donors (Lipinski definition) is 3. The van der Waals surface area contributed by atoms with E-state index >= 15 is 0 Å². The molecule has 0 aliphatic carbocycles. The van der Waals surface area contributed by atoms with Gasteiger partial charge in [0.2, 0.25) is 12.7 Å². The number of carboxylic acids is 1. The van der Waals surface area contributed by atoms with Crippen molar-refractivity contribution in [2.24, 2.45) is 0 Å². The number of nitrogens with one attached hydrogen (secondary N) is 1. The summed E-state index contributed by atoms with van der Waals surface area (Å²) in [6.07, 6.45) is 1.13. The number of carbonyl (C=O) groups is 3. The van der Waals surface area contributed by atoms with Crippen molar-refractivity contribution in [2.45, 2.75) is 31.4 Å². The number of fused-ring (bicyclic) bond motifs is 1. The fourth-order valence-corrected chi connectivity index (χ4v) is 2.93. The van der Waals surface area contributed by atoms with Crippen LogP contribution in [0.4, 0.5) is 0 Å². The molecule has 3 N–H and O–H groups in total. The molecule has 2 heterocycles. The van der Waals surface area contributed by atoms with Crippen LogP contribution in [0.25, 0.3) is 0 Å². The van der Waals surface area contributed by atoms with Gasteiger partial charge in [-0.05, 0) is 38.0 Å². The number of amides is 2. The highest BCUT2D eigenvalue weighted by Gasteiger charge is 2.37. The van der Waals surface area contributed by atoms with Crippen LogP contribution < -0.4 is 14.8 Å². The minimum absolute atomic E-state index is 0.102. The van der Waals surface area contributed by atoms with E-state index in [0.29, 0.717) is 36.4 Å². The van der Waals surface area contributed by atoms with Gasteiger partial charge in [0.05, 0.1) is 6.54 Å². The number of aliphatic carboxylic acids is 1. The average Bonchev–Trinajstić information content (AvgIpc) is 3.27. The smallest absolute Gasteiger partial charge is 0.337 e. The fraction of sp³-hybridized carbons (Fsp3) is 0.471. The Balaban J connectivity index is 1.68. The Morgan fingerprint density at radius 3 is 2.77 bits per heavy atom. The molecule has 2 aliphatic rings. The number of ether oxygens (including phenoxy) is 2. The summed E-state index contributed by atoms with van der Waals surface area (Å²) in [6, 6.07) is 4.12. The second kappa shape index (κ2) is 6.83. The molecule has 1 fully saturated rings. The van der Waals surface area contributed by atoms with Crippen molar-refractivity contribution in [1.29, 1.82) is 0 Å². The average molecular weight is 364 g/mol. The predicted octanol–water partition coefficient (Wildman–Crippen LogP) is -0.0283. The lowest BCUT2D eigenvalue weighted by molar-refractivity contribution is -0.156. The van der Waals surface area contributed by atoms with E-state index in [1.54, 1.807) is 18.2 Å². The van der Waals surface area contributed by atoms with Crippen molar-refractivity contribution in [3.63, 3.8) is 0 Å². The van der Waals surface area contributed by atoms with Gasteiger partial charge in [-0.3, -0.25) is 9.59 Å². The lowest BCUT2D eigenvalue weighted by atomic mass is 10.1. The quantitative estimate of drug-likeness (QED) is 0.670. The van der Waals surface area contributed by atoms with Crippen LogP contribution >= 0.6 is 0 Å². The number of hydrogen-bond acceptors (Lipinski definition) is 6. The summed E-state index contributed by atoms with van der Waals surface area (Å²) in [5, 5.41) is 21.0. The van der Waals surface area contributed by atoms with E-state index in [-0.39, 0.29) is 12.7 Å². The van der Waals surface area contributed by atoms with Crippen LogP contribution in [0.3, 0.4) is 0 Å². The second-order valence-electron chi connectivity index (χ2n) is 6.52. The van der Waals surface area contributed by atoms with E-state index in [2.05, 4.69) is 5.32 Å². The molecule has 2 atom stereocenters. The van der Waals surface area contributed by atoms with E-state index < -0.39 is 30.1 Å². The lowest BCUT2D eigenvalue weighted by Gasteiger charge is -2.26. The standard InChI is InChI=1S/C17H20N2O7/c1-17(24,16(22)23)8-18-14(20)11-3-2-6-19(11)15(21)10-4-5-12-13(7-10)26-9-25-12/h4-5,7,11,24H,2-3,6,8-9H2,1H3,(H,18,20)(H,22,23). The monoisotopic (exact) mass is 364 g/mol. The summed E-state index contributed by atoms with van der Waals surface area (Å²) < 4.78 is 10.5. The van der Waals surface area contributed by atoms with Gasteiger partial charge in [0.1, 0.15) is 6.04 Å². The zero-order valence-corrected chi connectivity index (χ0v) is 14.2. The van der Waals surface area contributed by atoms with Gasteiger partial charge in [-0.25, -0.2) is 4.79 Å². The number of benzene rings is 1. The van der Waals surface area contributed by atoms with Crippen LogP contribution in [0.1, 0.15) is 30.1 Å². The Morgan fingerprint density at radius 2 is 2.04 bits per heavy atom. The van der Waals surface area contributed by atoms with Gasteiger partial charge in [-0.15, -0.1) is 0 Å². The Labute approximate surface area is 149 Å². The van der Waals surface area contributed by atoms with Crippen LogP contribution in [0.15, 0.2) is 18.2 Å². The zero-order valence-electron chi connectivity index (χ0n) is 14.2. The first-order valence-corrected chi connectivity index (χ1v) is 8.24. The maximum absolute atomic E-state index is 12.8. The van der Waals surface area contributed by atoms with Crippen LogP contribution in [-0.2, 0) is 9.59 Å². The molecule has 9 nitrogen and oxygen atoms in total. The van der Waals surface area contributed by atoms with Gasteiger partial charge in [-0.2, -0.15) is 0 Å². The number of likely N-dealkylation sites (tertiary alicyclic amines) is 1. The molecule has 2 unspecified atom stereocenters. The maximum Gasteiger partial charge on any atom is 0.337 e. The van der Waals surface area contributed by atoms with Crippen molar-refractivity contribution >= 4 is 17.8 Å². The molecule has 2 amide bonds. The van der Waals surface area contributed by atoms with E-state index in [1.807, 2.05) is 0 Å². The number of rotatable bonds is 5. The molecule has 3 rings (SSSR count). The van der Waals surface area contributed by atoms with Gasteiger partial charge in [0, 0.05) is 12.1 Å². The molecule has 26 heavy (non-hydrogen) atoms. The van der Waals surface area contributed by atoms with E-state index in [4.69, 9.17) is 14.6 Å². The molecule has 9 heteroatoms. The van der Waals surface area contributed by atoms with Gasteiger partial charge in [0.15, 0.2) is 17.1 Å². The van der Waals surface area contributed by atoms with Gasteiger partial charge < -0.3 is 29.9 Å². The molecule has 0 saturated carbocycles. The van der Waals surface area contributed by atoms with Crippen molar-refractivity contribution in [3.8, 4) is 11.5 Å². The Kier molecular flexibility index (Phi) is 4.73. The molecular weight excluding hydrogens is 344 g/mol. The third-order valence-electron chi connectivity index (χ3n) is 4.50. The maximum atomic E-state index is 12.8. The number of aliphatic hydroxyl groups is 1. The van der Waals surface area contributed by atoms with Crippen LogP contribution in [0, 0.1) is 0 Å². The van der Waals surface area contributed by atoms with Gasteiger partial charge >= 0.3 is 5.97 Å². The highest BCUT2D eigenvalue weighted by Crippen LogP contribution is 2.33. The summed E-state index contributed by atoms with van der Waals surface area (Å²) in [5.41, 5.74) is -1.69. The second-order valence-corrected chi connectivity index (χ2v) is 6.52. The van der Waals surface area contributed by atoms with E-state index in [0.717, 1.165) is 6.92 Å². The molecule has 1 aromatic rings. The first kappa shape index (κ1) is 18.0. The predicted molar refractivity (Wildman–Crippen MR) is 87.9 cm³/mol. The molecule has 0 radical (unpaired) electrons. The molecule has 0 aromatic heterocycles. The molecule has 1 aromatic carbocycles. The van der Waals surface area contributed by atoms with Crippen molar-refractivity contribution in [3.05, 3.63) is 23.8 Å². The topological polar surface area (TPSA) is 125 Å². The normalized spacial score (nSPS) is 20.5. The first-order chi connectivity index (χ1) is 12.3. The SMILES string of the molecule is CC(O)(CNC(=O)C1CCCN1C(=O)c1ccc2c(c1)OCO2)C(=O)O. The fourth-order valence-electron chi connectivity index (χ4n) is 2.93. The third-order valence-corrected chi connectivity index (χ3v) is 4.50. The highest BCUT2D eigenvalue weighted by molar-refractivity contribution is 5.98. The summed E-state index contributed by atoms with van der Waals surface area (Å²) in [7, 11) is 0. The third kappa shape index (κ3) is 3.43. The first-order valence-electron chi connectivity index (χ1n) is 8.24. The summed E-state index contributed by atoms with van der Waals surface area (Å²) in [4.78, 5) is 37.5. The van der Waals surface area contributed by atoms with Crippen molar-refractivity contribution in [1.82, 2.24) is 10.2 Å². The van der Waals surface area contributed by atoms with Gasteiger partial charge in [-0.1, -0.05) is 0 Å². The minimum atomic E-state index is -2.07. The van der Waals surface area contributed by atoms with Crippen LogP contribution in [-0.4, -0.2) is 64.4 Å². The number of carbonyl (C=O) groups excluding carboxylic acids is 2. The summed E-state index contributed by atoms with van der Waals surface area (Å²) >= 11 is 0. The number of nitrogens with zero attached hydrogens (tertiary/aromatic N) is 1. The largest absolute Gasteiger partial charge is 0.479 e. The summed E-state index contributed by atoms with van der Waals surface area (Å²) in [6.45, 7) is 1.18. The molecule has 0 spiro atoms. The molecular formula is C17H20N2O7. The van der Waals surface area contributed by atoms with Crippen LogP contribution in [0.5, 0.6) is 11.5 Å². The van der Waals surface area contributed by atoms with Crippen molar-refractivity contribution < 1.29 is 34.1 Å². The minimum Gasteiger partial charge on any atom is -0.479 e. The molecule has 0 bridgehead atoms. The van der Waals surface area contributed by atoms with Crippen LogP contribution in [0.2, 0.25) is 0 Å². The van der Waals surface area contributed by atoms with Crippen molar-refractivity contribution in [2.75, 3.05) is 19.9 Å². The van der Waals surface area contributed by atoms with E-state index in [9.17, 15) is 19.5 Å². The lowest BCUT2D eigenvalue weighted by Crippen LogP contribution is -2.52. The Bertz CT molecular complexity index is 747. The zero-order chi connectivity index (χ0) is 18.9. The highest BCUT2D eigenvalue weighted by atomic mass is 16.7.